The molecule has 4 heteroatoms. The minimum atomic E-state index is 0. The van der Waals surface area contributed by atoms with Gasteiger partial charge in [-0.05, 0) is 56.5 Å². The van der Waals surface area contributed by atoms with E-state index in [9.17, 15) is 0 Å². The number of nitrogens with zero attached hydrogens (tertiary/aromatic N) is 1. The van der Waals surface area contributed by atoms with Crippen molar-refractivity contribution in [3.8, 4) is 5.75 Å². The number of methoxy groups -OCH3 is 1. The SMILES string of the molecule is COc1ccc(Cl)c2c1CCC=C2CN1CCCC1.Cl. The lowest BCUT2D eigenvalue weighted by Gasteiger charge is -2.25. The van der Waals surface area contributed by atoms with Crippen molar-refractivity contribution in [2.45, 2.75) is 25.7 Å². The quantitative estimate of drug-likeness (QED) is 0.829. The van der Waals surface area contributed by atoms with E-state index in [2.05, 4.69) is 11.0 Å². The first-order valence-electron chi connectivity index (χ1n) is 7.06. The van der Waals surface area contributed by atoms with E-state index in [-0.39, 0.29) is 12.4 Å². The first kappa shape index (κ1) is 15.7. The van der Waals surface area contributed by atoms with Gasteiger partial charge in [-0.3, -0.25) is 4.90 Å². The second-order valence-electron chi connectivity index (χ2n) is 5.35. The monoisotopic (exact) mass is 313 g/mol. The fourth-order valence-corrected chi connectivity index (χ4v) is 3.50. The maximum Gasteiger partial charge on any atom is 0.122 e. The van der Waals surface area contributed by atoms with E-state index in [1.807, 2.05) is 12.1 Å². The van der Waals surface area contributed by atoms with Crippen molar-refractivity contribution in [1.82, 2.24) is 4.90 Å². The molecule has 0 N–H and O–H groups in total. The Morgan fingerprint density at radius 3 is 2.70 bits per heavy atom. The summed E-state index contributed by atoms with van der Waals surface area (Å²) in [6.07, 6.45) is 7.12. The number of hydrogen-bond acceptors (Lipinski definition) is 2. The standard InChI is InChI=1S/C16H20ClNO.ClH/c1-19-15-8-7-14(17)16-12(5-4-6-13(15)16)11-18-9-2-3-10-18;/h5,7-8H,2-4,6,9-11H2,1H3;1H. The molecule has 0 unspecified atom stereocenters. The average Bonchev–Trinajstić information content (AvgIpc) is 2.92. The second kappa shape index (κ2) is 6.84. The highest BCUT2D eigenvalue weighted by Gasteiger charge is 2.22. The molecule has 1 aromatic rings. The van der Waals surface area contributed by atoms with Crippen LogP contribution in [-0.4, -0.2) is 31.6 Å². The van der Waals surface area contributed by atoms with Crippen LogP contribution >= 0.6 is 24.0 Å². The Balaban J connectivity index is 0.00000147. The van der Waals surface area contributed by atoms with E-state index in [0.29, 0.717) is 0 Å². The van der Waals surface area contributed by atoms with Crippen LogP contribution in [0.1, 0.15) is 30.4 Å². The van der Waals surface area contributed by atoms with Crippen molar-refractivity contribution >= 4 is 29.6 Å². The van der Waals surface area contributed by atoms with Crippen LogP contribution in [0, 0.1) is 0 Å². The number of hydrogen-bond donors (Lipinski definition) is 0. The van der Waals surface area contributed by atoms with Gasteiger partial charge in [-0.15, -0.1) is 12.4 Å². The van der Waals surface area contributed by atoms with E-state index < -0.39 is 0 Å². The summed E-state index contributed by atoms with van der Waals surface area (Å²) >= 11 is 6.44. The summed E-state index contributed by atoms with van der Waals surface area (Å²) in [5.41, 5.74) is 3.89. The van der Waals surface area contributed by atoms with Gasteiger partial charge in [0.05, 0.1) is 7.11 Å². The summed E-state index contributed by atoms with van der Waals surface area (Å²) in [5, 5.41) is 0.862. The summed E-state index contributed by atoms with van der Waals surface area (Å²) in [4.78, 5) is 2.52. The third-order valence-electron chi connectivity index (χ3n) is 4.14. The number of ether oxygens (including phenoxy) is 1. The molecule has 20 heavy (non-hydrogen) atoms. The molecule has 0 bridgehead atoms. The van der Waals surface area contributed by atoms with Gasteiger partial charge in [0, 0.05) is 22.7 Å². The van der Waals surface area contributed by atoms with Gasteiger partial charge in [0.25, 0.3) is 0 Å². The average molecular weight is 314 g/mol. The summed E-state index contributed by atoms with van der Waals surface area (Å²) in [6.45, 7) is 3.46. The fourth-order valence-electron chi connectivity index (χ4n) is 3.20. The predicted octanol–water partition coefficient (Wildman–Crippen LogP) is 4.20. The van der Waals surface area contributed by atoms with Crippen molar-refractivity contribution < 1.29 is 4.74 Å². The van der Waals surface area contributed by atoms with Gasteiger partial charge >= 0.3 is 0 Å². The molecule has 0 radical (unpaired) electrons. The van der Waals surface area contributed by atoms with Crippen LogP contribution in [-0.2, 0) is 6.42 Å². The molecule has 2 aliphatic rings. The van der Waals surface area contributed by atoms with Crippen LogP contribution in [0.25, 0.3) is 5.57 Å². The molecule has 1 aliphatic heterocycles. The largest absolute Gasteiger partial charge is 0.496 e. The van der Waals surface area contributed by atoms with E-state index in [1.165, 1.54) is 42.6 Å². The van der Waals surface area contributed by atoms with Crippen molar-refractivity contribution in [1.29, 1.82) is 0 Å². The molecule has 0 spiro atoms. The summed E-state index contributed by atoms with van der Waals surface area (Å²) in [5.74, 6) is 0.978. The first-order chi connectivity index (χ1) is 9.29. The Kier molecular flexibility index (Phi) is 5.36. The molecule has 0 saturated carbocycles. The van der Waals surface area contributed by atoms with E-state index in [0.717, 1.165) is 30.2 Å². The van der Waals surface area contributed by atoms with Gasteiger partial charge in [-0.1, -0.05) is 17.7 Å². The molecule has 110 valence electrons. The van der Waals surface area contributed by atoms with Gasteiger partial charge in [-0.25, -0.2) is 0 Å². The van der Waals surface area contributed by atoms with Gasteiger partial charge < -0.3 is 4.74 Å². The Morgan fingerprint density at radius 2 is 2.00 bits per heavy atom. The van der Waals surface area contributed by atoms with Gasteiger partial charge in [0.1, 0.15) is 5.75 Å². The lowest BCUT2D eigenvalue weighted by atomic mass is 9.89. The van der Waals surface area contributed by atoms with Crippen LogP contribution in [0.5, 0.6) is 5.75 Å². The van der Waals surface area contributed by atoms with E-state index >= 15 is 0 Å². The molecule has 0 amide bonds. The van der Waals surface area contributed by atoms with Crippen LogP contribution in [0.3, 0.4) is 0 Å². The highest BCUT2D eigenvalue weighted by Crippen LogP contribution is 2.38. The molecular formula is C16H21Cl2NO. The second-order valence-corrected chi connectivity index (χ2v) is 5.76. The molecule has 0 atom stereocenters. The van der Waals surface area contributed by atoms with Crippen molar-refractivity contribution in [3.63, 3.8) is 0 Å². The zero-order valence-electron chi connectivity index (χ0n) is 11.8. The molecule has 1 aromatic carbocycles. The van der Waals surface area contributed by atoms with E-state index in [1.54, 1.807) is 7.11 Å². The minimum absolute atomic E-state index is 0. The maximum atomic E-state index is 6.44. The number of rotatable bonds is 3. The zero-order chi connectivity index (χ0) is 13.2. The molecule has 1 fully saturated rings. The van der Waals surface area contributed by atoms with Crippen molar-refractivity contribution in [3.05, 3.63) is 34.4 Å². The maximum absolute atomic E-state index is 6.44. The van der Waals surface area contributed by atoms with Gasteiger partial charge in [-0.2, -0.15) is 0 Å². The number of fused-ring (bicyclic) bond motifs is 1. The number of halogens is 2. The molecular weight excluding hydrogens is 293 g/mol. The van der Waals surface area contributed by atoms with Crippen LogP contribution in [0.4, 0.5) is 0 Å². The molecule has 1 heterocycles. The molecule has 0 aromatic heterocycles. The Morgan fingerprint density at radius 1 is 1.25 bits per heavy atom. The topological polar surface area (TPSA) is 12.5 Å². The van der Waals surface area contributed by atoms with Crippen molar-refractivity contribution in [2.24, 2.45) is 0 Å². The van der Waals surface area contributed by atoms with Gasteiger partial charge in [0.2, 0.25) is 0 Å². The summed E-state index contributed by atoms with van der Waals surface area (Å²) in [6, 6.07) is 3.95. The van der Waals surface area contributed by atoms with Crippen LogP contribution in [0.15, 0.2) is 18.2 Å². The number of benzene rings is 1. The number of likely N-dealkylation sites (tertiary alicyclic amines) is 1. The van der Waals surface area contributed by atoms with Crippen molar-refractivity contribution in [2.75, 3.05) is 26.7 Å². The van der Waals surface area contributed by atoms with Crippen LogP contribution in [0.2, 0.25) is 5.02 Å². The Hall–Kier alpha value is -0.700. The fraction of sp³-hybridized carbons (Fsp3) is 0.500. The van der Waals surface area contributed by atoms with Gasteiger partial charge in [0.15, 0.2) is 0 Å². The lowest BCUT2D eigenvalue weighted by molar-refractivity contribution is 0.381. The third-order valence-corrected chi connectivity index (χ3v) is 4.45. The third kappa shape index (κ3) is 2.98. The number of allylic oxidation sites excluding steroid dienone is 1. The summed E-state index contributed by atoms with van der Waals surface area (Å²) in [7, 11) is 1.74. The Bertz CT molecular complexity index is 507. The predicted molar refractivity (Wildman–Crippen MR) is 87.2 cm³/mol. The Labute approximate surface area is 132 Å². The highest BCUT2D eigenvalue weighted by atomic mass is 35.5. The van der Waals surface area contributed by atoms with Crippen LogP contribution < -0.4 is 4.74 Å². The minimum Gasteiger partial charge on any atom is -0.496 e. The molecule has 1 saturated heterocycles. The summed E-state index contributed by atoms with van der Waals surface area (Å²) < 4.78 is 5.49. The lowest BCUT2D eigenvalue weighted by Crippen LogP contribution is -2.22. The molecule has 1 aliphatic carbocycles. The normalized spacial score (nSPS) is 18.2. The van der Waals surface area contributed by atoms with E-state index in [4.69, 9.17) is 16.3 Å². The smallest absolute Gasteiger partial charge is 0.122 e. The highest BCUT2D eigenvalue weighted by molar-refractivity contribution is 6.32. The first-order valence-corrected chi connectivity index (χ1v) is 7.44. The molecule has 3 rings (SSSR count). The zero-order valence-corrected chi connectivity index (χ0v) is 13.4. The molecule has 2 nitrogen and oxygen atoms in total.